The maximum Gasteiger partial charge on any atom is 0.301 e. The van der Waals surface area contributed by atoms with Gasteiger partial charge in [-0.05, 0) is 36.8 Å². The summed E-state index contributed by atoms with van der Waals surface area (Å²) in [4.78, 5) is 42.1. The second-order valence-electron chi connectivity index (χ2n) is 9.02. The summed E-state index contributed by atoms with van der Waals surface area (Å²) in [6.45, 7) is 1.87. The first kappa shape index (κ1) is 27.7. The highest BCUT2D eigenvalue weighted by molar-refractivity contribution is 7.93. The zero-order valence-electron chi connectivity index (χ0n) is 21.5. The van der Waals surface area contributed by atoms with Crippen molar-refractivity contribution in [3.8, 4) is 5.75 Å². The number of nitro groups is 1. The van der Waals surface area contributed by atoms with Crippen molar-refractivity contribution in [2.75, 3.05) is 12.0 Å². The van der Waals surface area contributed by atoms with Crippen LogP contribution in [0.3, 0.4) is 0 Å². The number of nitro benzene ring substituents is 1. The minimum atomic E-state index is -4.16. The number of aliphatic hydroxyl groups is 1. The molecule has 2 heterocycles. The highest BCUT2D eigenvalue weighted by Gasteiger charge is 2.48. The molecule has 1 saturated heterocycles. The van der Waals surface area contributed by atoms with Gasteiger partial charge in [-0.25, -0.2) is 13.4 Å². The zero-order valence-corrected chi connectivity index (χ0v) is 23.2. The SMILES string of the molecule is COc1ccc([C@H]2/C(=C(\O)c3ccc(C)cc3)C(=O)C(=O)N2c2ncc(S(=O)(=O)c3ccc([N+](=O)[O-])cc3)s2)cc1. The third-order valence-corrected chi connectivity index (χ3v) is 9.73. The van der Waals surface area contributed by atoms with Crippen LogP contribution in [0, 0.1) is 17.0 Å². The fourth-order valence-electron chi connectivity index (χ4n) is 4.35. The van der Waals surface area contributed by atoms with Crippen molar-refractivity contribution in [3.63, 3.8) is 0 Å². The van der Waals surface area contributed by atoms with Crippen LogP contribution >= 0.6 is 11.3 Å². The van der Waals surface area contributed by atoms with Crippen molar-refractivity contribution in [1.29, 1.82) is 0 Å². The lowest BCUT2D eigenvalue weighted by Crippen LogP contribution is -2.29. The third-order valence-electron chi connectivity index (χ3n) is 6.50. The Bertz CT molecular complexity index is 1810. The Morgan fingerprint density at radius 2 is 1.66 bits per heavy atom. The molecule has 1 atom stereocenters. The van der Waals surface area contributed by atoms with Gasteiger partial charge in [0.25, 0.3) is 11.5 Å². The number of nitrogens with zero attached hydrogens (tertiary/aromatic N) is 3. The monoisotopic (exact) mass is 591 g/mol. The number of carbonyl (C=O) groups excluding carboxylic acids is 2. The average Bonchev–Trinajstić information content (AvgIpc) is 3.56. The molecule has 13 heteroatoms. The molecule has 0 aliphatic carbocycles. The van der Waals surface area contributed by atoms with Crippen molar-refractivity contribution >= 4 is 49.4 Å². The molecule has 5 rings (SSSR count). The van der Waals surface area contributed by atoms with Gasteiger partial charge >= 0.3 is 5.91 Å². The zero-order chi connectivity index (χ0) is 29.5. The number of rotatable bonds is 7. The number of Topliss-reactive ketones (excluding diaryl/α,β-unsaturated/α-hetero) is 1. The number of benzene rings is 3. The summed E-state index contributed by atoms with van der Waals surface area (Å²) in [5.74, 6) is -1.82. The number of aliphatic hydroxyl groups excluding tert-OH is 1. The Morgan fingerprint density at radius 3 is 2.24 bits per heavy atom. The number of thiazole rings is 1. The number of aryl methyl sites for hydroxylation is 1. The molecule has 0 unspecified atom stereocenters. The van der Waals surface area contributed by atoms with E-state index in [9.17, 15) is 33.2 Å². The normalized spacial score (nSPS) is 16.6. The van der Waals surface area contributed by atoms with Crippen molar-refractivity contribution in [2.45, 2.75) is 22.1 Å². The number of amides is 1. The molecule has 1 aliphatic rings. The summed E-state index contributed by atoms with van der Waals surface area (Å²) in [5.41, 5.74) is 1.25. The molecule has 0 radical (unpaired) electrons. The van der Waals surface area contributed by atoms with E-state index in [1.165, 1.54) is 7.11 Å². The number of sulfone groups is 1. The van der Waals surface area contributed by atoms with Crippen LogP contribution in [0.4, 0.5) is 10.8 Å². The van der Waals surface area contributed by atoms with E-state index in [2.05, 4.69) is 4.98 Å². The summed E-state index contributed by atoms with van der Waals surface area (Å²) < 4.78 is 31.5. The van der Waals surface area contributed by atoms with E-state index in [0.29, 0.717) is 28.2 Å². The molecule has 1 aromatic heterocycles. The summed E-state index contributed by atoms with van der Waals surface area (Å²) in [6.07, 6.45) is 1.06. The molecule has 1 fully saturated rings. The predicted molar refractivity (Wildman–Crippen MR) is 150 cm³/mol. The molecular weight excluding hydrogens is 570 g/mol. The molecule has 1 amide bonds. The van der Waals surface area contributed by atoms with E-state index in [1.807, 2.05) is 6.92 Å². The Morgan fingerprint density at radius 1 is 1.02 bits per heavy atom. The Labute approximate surface area is 238 Å². The van der Waals surface area contributed by atoms with Gasteiger partial charge in [0.2, 0.25) is 9.84 Å². The first-order valence-corrected chi connectivity index (χ1v) is 14.3. The van der Waals surface area contributed by atoms with Gasteiger partial charge in [0, 0.05) is 17.7 Å². The number of methoxy groups -OCH3 is 1. The van der Waals surface area contributed by atoms with Gasteiger partial charge in [0.15, 0.2) is 5.13 Å². The smallest absolute Gasteiger partial charge is 0.301 e. The fourth-order valence-corrected chi connectivity index (χ4v) is 6.89. The molecule has 41 heavy (non-hydrogen) atoms. The number of ketones is 1. The van der Waals surface area contributed by atoms with Crippen LogP contribution in [0.2, 0.25) is 0 Å². The number of non-ortho nitro benzene ring substituents is 1. The Kier molecular flexibility index (Phi) is 7.15. The van der Waals surface area contributed by atoms with E-state index in [4.69, 9.17) is 4.74 Å². The molecule has 208 valence electrons. The van der Waals surface area contributed by atoms with Gasteiger partial charge < -0.3 is 9.84 Å². The highest BCUT2D eigenvalue weighted by Crippen LogP contribution is 2.44. The molecule has 4 aromatic rings. The molecule has 0 bridgehead atoms. The van der Waals surface area contributed by atoms with Gasteiger partial charge in [-0.1, -0.05) is 53.3 Å². The van der Waals surface area contributed by atoms with Crippen LogP contribution in [0.1, 0.15) is 22.7 Å². The van der Waals surface area contributed by atoms with Crippen LogP contribution in [0.25, 0.3) is 5.76 Å². The van der Waals surface area contributed by atoms with E-state index < -0.39 is 32.5 Å². The van der Waals surface area contributed by atoms with E-state index in [1.54, 1.807) is 48.5 Å². The second-order valence-corrected chi connectivity index (χ2v) is 12.2. The van der Waals surface area contributed by atoms with Crippen molar-refractivity contribution in [2.24, 2.45) is 0 Å². The lowest BCUT2D eigenvalue weighted by Gasteiger charge is -2.23. The second kappa shape index (κ2) is 10.6. The third kappa shape index (κ3) is 4.96. The minimum Gasteiger partial charge on any atom is -0.507 e. The molecule has 1 aliphatic heterocycles. The summed E-state index contributed by atoms with van der Waals surface area (Å²) in [6, 6.07) is 16.5. The lowest BCUT2D eigenvalue weighted by molar-refractivity contribution is -0.384. The highest BCUT2D eigenvalue weighted by atomic mass is 32.2. The number of ether oxygens (including phenoxy) is 1. The number of anilines is 1. The summed E-state index contributed by atoms with van der Waals surface area (Å²) in [5, 5.41) is 22.1. The number of aromatic nitrogens is 1. The average molecular weight is 592 g/mol. The van der Waals surface area contributed by atoms with Gasteiger partial charge in [0.05, 0.1) is 34.7 Å². The minimum absolute atomic E-state index is 0.0867. The Hall–Kier alpha value is -4.88. The first-order valence-electron chi connectivity index (χ1n) is 12.0. The van der Waals surface area contributed by atoms with Gasteiger partial charge in [-0.2, -0.15) is 0 Å². The predicted octanol–water partition coefficient (Wildman–Crippen LogP) is 4.83. The molecule has 11 nitrogen and oxygen atoms in total. The molecular formula is C28H21N3O8S2. The standard InChI is InChI=1S/C28H21N3O8S2/c1-16-3-5-18(6-4-16)25(32)23-24(17-7-11-20(39-2)12-8-17)30(27(34)26(23)33)28-29-15-22(40-28)41(37,38)21-13-9-19(10-14-21)31(35)36/h3-15,24,32H,1-2H3/b25-23+/t24-/m0/s1. The molecule has 1 N–H and O–H groups in total. The number of carbonyl (C=O) groups is 2. The van der Waals surface area contributed by atoms with Gasteiger partial charge in [-0.3, -0.25) is 24.6 Å². The first-order chi connectivity index (χ1) is 19.5. The maximum atomic E-state index is 13.4. The van der Waals surface area contributed by atoms with Crippen LogP contribution in [0.15, 0.2) is 93.7 Å². The van der Waals surface area contributed by atoms with Crippen molar-refractivity contribution in [1.82, 2.24) is 4.98 Å². The van der Waals surface area contributed by atoms with Crippen LogP contribution in [-0.4, -0.2) is 42.2 Å². The molecule has 0 saturated carbocycles. The van der Waals surface area contributed by atoms with E-state index in [0.717, 1.165) is 40.9 Å². The molecule has 3 aromatic carbocycles. The largest absolute Gasteiger partial charge is 0.507 e. The van der Waals surface area contributed by atoms with Gasteiger partial charge in [0.1, 0.15) is 15.7 Å². The Balaban J connectivity index is 1.62. The maximum absolute atomic E-state index is 13.4. The molecule has 0 spiro atoms. The number of hydrogen-bond acceptors (Lipinski definition) is 10. The van der Waals surface area contributed by atoms with Crippen molar-refractivity contribution in [3.05, 3.63) is 111 Å². The van der Waals surface area contributed by atoms with Crippen LogP contribution in [0.5, 0.6) is 5.75 Å². The lowest BCUT2D eigenvalue weighted by atomic mass is 9.95. The van der Waals surface area contributed by atoms with Crippen LogP contribution in [-0.2, 0) is 19.4 Å². The summed E-state index contributed by atoms with van der Waals surface area (Å²) in [7, 11) is -2.67. The van der Waals surface area contributed by atoms with Crippen molar-refractivity contribution < 1.29 is 32.8 Å². The van der Waals surface area contributed by atoms with Crippen LogP contribution < -0.4 is 9.64 Å². The van der Waals surface area contributed by atoms with Gasteiger partial charge in [-0.15, -0.1) is 0 Å². The van der Waals surface area contributed by atoms with E-state index in [-0.39, 0.29) is 31.3 Å². The van der Waals surface area contributed by atoms with E-state index >= 15 is 0 Å². The number of hydrogen-bond donors (Lipinski definition) is 1. The topological polar surface area (TPSA) is 157 Å². The quantitative estimate of drug-likeness (QED) is 0.105. The summed E-state index contributed by atoms with van der Waals surface area (Å²) >= 11 is 0.657. The fraction of sp³-hybridized carbons (Fsp3) is 0.107.